The molecule has 6 nitrogen and oxygen atoms in total. The van der Waals surface area contributed by atoms with Crippen LogP contribution in [0, 0.1) is 11.8 Å². The van der Waals surface area contributed by atoms with Crippen molar-refractivity contribution in [1.82, 2.24) is 15.5 Å². The molecule has 0 radical (unpaired) electrons. The van der Waals surface area contributed by atoms with Crippen molar-refractivity contribution in [2.75, 3.05) is 0 Å². The lowest BCUT2D eigenvalue weighted by molar-refractivity contribution is 0.142. The molecule has 4 atom stereocenters. The highest BCUT2D eigenvalue weighted by Crippen LogP contribution is 2.45. The summed E-state index contributed by atoms with van der Waals surface area (Å²) in [7, 11) is 0. The Bertz CT molecular complexity index is 502. The molecule has 116 valence electrons. The van der Waals surface area contributed by atoms with Gasteiger partial charge in [-0.3, -0.25) is 0 Å². The summed E-state index contributed by atoms with van der Waals surface area (Å²) in [6.45, 7) is 1.80. The van der Waals surface area contributed by atoms with Gasteiger partial charge in [0.05, 0.1) is 6.04 Å². The van der Waals surface area contributed by atoms with E-state index in [0.29, 0.717) is 11.7 Å². The monoisotopic (exact) mass is 292 g/mol. The van der Waals surface area contributed by atoms with E-state index in [1.807, 2.05) is 0 Å². The van der Waals surface area contributed by atoms with E-state index in [0.717, 1.165) is 24.1 Å². The smallest absolute Gasteiger partial charge is 0.312 e. The fraction of sp³-hybridized carbons (Fsp3) is 0.800. The first-order valence-electron chi connectivity index (χ1n) is 8.03. The summed E-state index contributed by atoms with van der Waals surface area (Å²) in [6.07, 6.45) is 9.09. The Kier molecular flexibility index (Phi) is 4.12. The van der Waals surface area contributed by atoms with Gasteiger partial charge in [-0.05, 0) is 38.0 Å². The molecule has 0 aromatic carbocycles. The summed E-state index contributed by atoms with van der Waals surface area (Å²) >= 11 is 0. The van der Waals surface area contributed by atoms with Crippen LogP contribution in [-0.4, -0.2) is 16.2 Å². The number of carbonyl (C=O) groups is 1. The molecule has 6 heteroatoms. The molecule has 2 saturated carbocycles. The number of carbonyl (C=O) groups excluding carboxylic acids is 1. The van der Waals surface area contributed by atoms with E-state index in [9.17, 15) is 4.79 Å². The van der Waals surface area contributed by atoms with Crippen LogP contribution in [0.5, 0.6) is 0 Å². The fourth-order valence-electron chi connectivity index (χ4n) is 3.96. The molecule has 3 rings (SSSR count). The molecule has 1 aromatic heterocycles. The van der Waals surface area contributed by atoms with Crippen LogP contribution in [0.4, 0.5) is 4.79 Å². The van der Waals surface area contributed by atoms with Crippen LogP contribution < -0.4 is 11.1 Å². The maximum atomic E-state index is 10.9. The van der Waals surface area contributed by atoms with Crippen LogP contribution in [0.15, 0.2) is 4.52 Å². The molecule has 3 N–H and O–H groups in total. The third-order valence-corrected chi connectivity index (χ3v) is 5.09. The average molecular weight is 292 g/mol. The third-order valence-electron chi connectivity index (χ3n) is 5.09. The number of urea groups is 1. The van der Waals surface area contributed by atoms with Gasteiger partial charge >= 0.3 is 6.03 Å². The maximum Gasteiger partial charge on any atom is 0.312 e. The fourth-order valence-corrected chi connectivity index (χ4v) is 3.96. The molecular weight excluding hydrogens is 268 g/mol. The Labute approximate surface area is 124 Å². The molecule has 21 heavy (non-hydrogen) atoms. The first-order chi connectivity index (χ1) is 10.1. The van der Waals surface area contributed by atoms with Gasteiger partial charge in [0.1, 0.15) is 0 Å². The highest BCUT2D eigenvalue weighted by atomic mass is 16.5. The molecule has 1 heterocycles. The van der Waals surface area contributed by atoms with Gasteiger partial charge in [-0.25, -0.2) is 4.79 Å². The van der Waals surface area contributed by atoms with E-state index in [2.05, 4.69) is 15.5 Å². The lowest BCUT2D eigenvalue weighted by Gasteiger charge is -2.38. The second-order valence-corrected chi connectivity index (χ2v) is 6.54. The number of hydrogen-bond donors (Lipinski definition) is 2. The predicted molar refractivity (Wildman–Crippen MR) is 77.5 cm³/mol. The number of amides is 2. The topological polar surface area (TPSA) is 94.0 Å². The largest absolute Gasteiger partial charge is 0.352 e. The highest BCUT2D eigenvalue weighted by molar-refractivity contribution is 5.71. The van der Waals surface area contributed by atoms with Crippen molar-refractivity contribution in [2.45, 2.75) is 63.8 Å². The third kappa shape index (κ3) is 3.19. The Morgan fingerprint density at radius 3 is 2.81 bits per heavy atom. The second kappa shape index (κ2) is 6.03. The zero-order valence-electron chi connectivity index (χ0n) is 12.5. The van der Waals surface area contributed by atoms with E-state index in [1.165, 1.54) is 38.5 Å². The predicted octanol–water partition coefficient (Wildman–Crippen LogP) is 2.87. The van der Waals surface area contributed by atoms with Gasteiger partial charge in [0.25, 0.3) is 0 Å². The van der Waals surface area contributed by atoms with Crippen LogP contribution in [-0.2, 0) is 0 Å². The van der Waals surface area contributed by atoms with Gasteiger partial charge in [0.15, 0.2) is 5.82 Å². The van der Waals surface area contributed by atoms with Crippen LogP contribution in [0.1, 0.15) is 75.5 Å². The van der Waals surface area contributed by atoms with E-state index < -0.39 is 6.03 Å². The van der Waals surface area contributed by atoms with Gasteiger partial charge < -0.3 is 15.6 Å². The maximum absolute atomic E-state index is 10.9. The second-order valence-electron chi connectivity index (χ2n) is 6.54. The molecular formula is C15H24N4O2. The summed E-state index contributed by atoms with van der Waals surface area (Å²) in [6, 6.07) is -0.886. The molecule has 0 aliphatic heterocycles. The Balaban J connectivity index is 1.64. The number of rotatable bonds is 3. The number of fused-ring (bicyclic) bond motifs is 1. The van der Waals surface area contributed by atoms with E-state index in [1.54, 1.807) is 6.92 Å². The van der Waals surface area contributed by atoms with Crippen molar-refractivity contribution < 1.29 is 9.32 Å². The van der Waals surface area contributed by atoms with Gasteiger partial charge in [-0.2, -0.15) is 4.98 Å². The molecule has 2 aliphatic carbocycles. The van der Waals surface area contributed by atoms with E-state index >= 15 is 0 Å². The number of nitrogens with one attached hydrogen (secondary N) is 1. The van der Waals surface area contributed by atoms with Gasteiger partial charge in [-0.1, -0.05) is 30.8 Å². The van der Waals surface area contributed by atoms with Crippen molar-refractivity contribution in [1.29, 1.82) is 0 Å². The summed E-state index contributed by atoms with van der Waals surface area (Å²) in [5, 5.41) is 6.57. The molecule has 0 spiro atoms. The van der Waals surface area contributed by atoms with Gasteiger partial charge in [0, 0.05) is 5.92 Å². The van der Waals surface area contributed by atoms with Crippen molar-refractivity contribution in [3.63, 3.8) is 0 Å². The van der Waals surface area contributed by atoms with Gasteiger partial charge in [0.2, 0.25) is 5.89 Å². The molecule has 0 saturated heterocycles. The van der Waals surface area contributed by atoms with E-state index in [4.69, 9.17) is 10.3 Å². The molecule has 0 bridgehead atoms. The van der Waals surface area contributed by atoms with Crippen molar-refractivity contribution >= 4 is 6.03 Å². The average Bonchev–Trinajstić information content (AvgIpc) is 2.96. The lowest BCUT2D eigenvalue weighted by Crippen LogP contribution is -2.32. The summed E-state index contributed by atoms with van der Waals surface area (Å²) < 4.78 is 5.43. The van der Waals surface area contributed by atoms with Crippen molar-refractivity contribution in [2.24, 2.45) is 17.6 Å². The SMILES string of the molecule is CC(NC(N)=O)c1noc(C2CCC3CCCCC3C2)n1. The quantitative estimate of drug-likeness (QED) is 0.895. The minimum atomic E-state index is -0.573. The van der Waals surface area contributed by atoms with Crippen molar-refractivity contribution in [3.05, 3.63) is 11.7 Å². The molecule has 2 fully saturated rings. The first-order valence-corrected chi connectivity index (χ1v) is 8.03. The number of nitrogens with zero attached hydrogens (tertiary/aromatic N) is 2. The summed E-state index contributed by atoms with van der Waals surface area (Å²) in [5.74, 6) is 3.36. The lowest BCUT2D eigenvalue weighted by atomic mass is 9.67. The van der Waals surface area contributed by atoms with Crippen LogP contribution in [0.3, 0.4) is 0 Å². The van der Waals surface area contributed by atoms with Gasteiger partial charge in [-0.15, -0.1) is 0 Å². The number of aromatic nitrogens is 2. The molecule has 4 unspecified atom stereocenters. The zero-order valence-corrected chi connectivity index (χ0v) is 12.5. The number of hydrogen-bond acceptors (Lipinski definition) is 4. The minimum Gasteiger partial charge on any atom is -0.352 e. The normalized spacial score (nSPS) is 30.4. The summed E-state index contributed by atoms with van der Waals surface area (Å²) in [4.78, 5) is 15.4. The molecule has 2 amide bonds. The number of nitrogens with two attached hydrogens (primary N) is 1. The van der Waals surface area contributed by atoms with Crippen LogP contribution in [0.2, 0.25) is 0 Å². The van der Waals surface area contributed by atoms with Crippen LogP contribution >= 0.6 is 0 Å². The van der Waals surface area contributed by atoms with Crippen molar-refractivity contribution in [3.8, 4) is 0 Å². The zero-order chi connectivity index (χ0) is 14.8. The number of primary amides is 1. The molecule has 2 aliphatic rings. The minimum absolute atomic E-state index is 0.314. The first kappa shape index (κ1) is 14.4. The Hall–Kier alpha value is -1.59. The Morgan fingerprint density at radius 1 is 1.29 bits per heavy atom. The van der Waals surface area contributed by atoms with Crippen LogP contribution in [0.25, 0.3) is 0 Å². The Morgan fingerprint density at radius 2 is 2.05 bits per heavy atom. The highest BCUT2D eigenvalue weighted by Gasteiger charge is 2.35. The standard InChI is InChI=1S/C15H24N4O2/c1-9(17-15(16)20)13-18-14(21-19-13)12-7-6-10-4-2-3-5-11(10)8-12/h9-12H,2-8H2,1H3,(H3,16,17,20). The summed E-state index contributed by atoms with van der Waals surface area (Å²) in [5.41, 5.74) is 5.12. The molecule has 1 aromatic rings. The van der Waals surface area contributed by atoms with E-state index in [-0.39, 0.29) is 6.04 Å².